The van der Waals surface area contributed by atoms with Gasteiger partial charge in [0.25, 0.3) is 17.1 Å². The molecule has 1 aliphatic rings. The van der Waals surface area contributed by atoms with E-state index in [2.05, 4.69) is 10.6 Å². The first-order valence-electron chi connectivity index (χ1n) is 11.0. The Balaban J connectivity index is 1.35. The summed E-state index contributed by atoms with van der Waals surface area (Å²) in [5.74, 6) is -2.14. The van der Waals surface area contributed by atoms with E-state index >= 15 is 0 Å². The molecule has 4 rings (SSSR count). The molecule has 4 amide bonds. The van der Waals surface area contributed by atoms with Crippen molar-refractivity contribution in [2.45, 2.75) is 0 Å². The number of hydrogen-bond donors (Lipinski definition) is 2. The third-order valence-corrected chi connectivity index (χ3v) is 6.48. The summed E-state index contributed by atoms with van der Waals surface area (Å²) in [4.78, 5) is 50.5. The van der Waals surface area contributed by atoms with Crippen LogP contribution < -0.4 is 15.4 Å². The number of amides is 4. The molecular weight excluding hydrogens is 556 g/mol. The van der Waals surface area contributed by atoms with Crippen molar-refractivity contribution in [2.75, 3.05) is 23.8 Å². The van der Waals surface area contributed by atoms with Crippen molar-refractivity contribution in [1.29, 1.82) is 0 Å². The van der Waals surface area contributed by atoms with Crippen LogP contribution in [0.15, 0.2) is 71.6 Å². The Kier molecular flexibility index (Phi) is 8.67. The zero-order valence-corrected chi connectivity index (χ0v) is 21.7. The van der Waals surface area contributed by atoms with Crippen molar-refractivity contribution in [3.8, 4) is 5.75 Å². The highest BCUT2D eigenvalue weighted by Crippen LogP contribution is 2.34. The molecular formula is C26H18Cl2FN3O5S. The van der Waals surface area contributed by atoms with E-state index in [1.54, 1.807) is 36.4 Å². The van der Waals surface area contributed by atoms with E-state index in [1.807, 2.05) is 0 Å². The molecule has 1 fully saturated rings. The summed E-state index contributed by atoms with van der Waals surface area (Å²) < 4.78 is 19.1. The molecule has 0 radical (unpaired) electrons. The highest BCUT2D eigenvalue weighted by Gasteiger charge is 2.36. The van der Waals surface area contributed by atoms with Crippen molar-refractivity contribution in [3.05, 3.63) is 93.1 Å². The third kappa shape index (κ3) is 6.91. The Labute approximate surface area is 230 Å². The summed E-state index contributed by atoms with van der Waals surface area (Å²) in [6.45, 7) is -0.874. The second-order valence-corrected chi connectivity index (χ2v) is 9.67. The first kappa shape index (κ1) is 27.2. The van der Waals surface area contributed by atoms with Crippen LogP contribution in [0.1, 0.15) is 5.56 Å². The minimum Gasteiger partial charge on any atom is -0.482 e. The number of hydrogen-bond acceptors (Lipinski definition) is 6. The van der Waals surface area contributed by atoms with Crippen LogP contribution in [0.5, 0.6) is 5.75 Å². The van der Waals surface area contributed by atoms with Crippen molar-refractivity contribution in [2.24, 2.45) is 0 Å². The van der Waals surface area contributed by atoms with Gasteiger partial charge in [0.1, 0.15) is 18.1 Å². The fourth-order valence-electron chi connectivity index (χ4n) is 3.31. The van der Waals surface area contributed by atoms with E-state index in [9.17, 15) is 23.6 Å². The molecule has 0 atom stereocenters. The van der Waals surface area contributed by atoms with Crippen LogP contribution >= 0.6 is 35.0 Å². The van der Waals surface area contributed by atoms with Gasteiger partial charge in [0.05, 0.1) is 15.6 Å². The van der Waals surface area contributed by atoms with E-state index in [1.165, 1.54) is 36.4 Å². The molecule has 0 bridgehead atoms. The number of anilines is 2. The lowest BCUT2D eigenvalue weighted by atomic mass is 10.2. The molecule has 1 heterocycles. The maximum Gasteiger partial charge on any atom is 0.294 e. The number of carbonyl (C=O) groups excluding carboxylic acids is 4. The SMILES string of the molecule is O=C(CN1C(=O)S/C(=C\c2ccc(OCC(=O)Nc3ccccc3F)c(Cl)c2)C1=O)Nc1cccc(Cl)c1. The van der Waals surface area contributed by atoms with Gasteiger partial charge in [-0.05, 0) is 65.9 Å². The van der Waals surface area contributed by atoms with Gasteiger partial charge in [0.15, 0.2) is 6.61 Å². The second kappa shape index (κ2) is 12.1. The highest BCUT2D eigenvalue weighted by atomic mass is 35.5. The fraction of sp³-hybridized carbons (Fsp3) is 0.0769. The van der Waals surface area contributed by atoms with Crippen molar-refractivity contribution < 1.29 is 28.3 Å². The highest BCUT2D eigenvalue weighted by molar-refractivity contribution is 8.18. The van der Waals surface area contributed by atoms with Crippen LogP contribution in [0.25, 0.3) is 6.08 Å². The van der Waals surface area contributed by atoms with E-state index < -0.39 is 41.9 Å². The maximum atomic E-state index is 13.7. The molecule has 1 aliphatic heterocycles. The van der Waals surface area contributed by atoms with E-state index in [0.717, 1.165) is 4.90 Å². The number of rotatable bonds is 8. The van der Waals surface area contributed by atoms with Crippen LogP contribution in [0.3, 0.4) is 0 Å². The van der Waals surface area contributed by atoms with E-state index in [-0.39, 0.29) is 21.4 Å². The lowest BCUT2D eigenvalue weighted by Gasteiger charge is -2.12. The Morgan fingerprint density at radius 2 is 1.76 bits per heavy atom. The van der Waals surface area contributed by atoms with Gasteiger partial charge in [-0.25, -0.2) is 4.39 Å². The molecule has 0 aromatic heterocycles. The average molecular weight is 574 g/mol. The van der Waals surface area contributed by atoms with Crippen LogP contribution in [-0.4, -0.2) is 41.0 Å². The van der Waals surface area contributed by atoms with Gasteiger partial charge in [-0.3, -0.25) is 24.1 Å². The summed E-state index contributed by atoms with van der Waals surface area (Å²) in [5.41, 5.74) is 0.956. The number of ether oxygens (including phenoxy) is 1. The van der Waals surface area contributed by atoms with Gasteiger partial charge in [-0.2, -0.15) is 0 Å². The van der Waals surface area contributed by atoms with Gasteiger partial charge in [-0.15, -0.1) is 0 Å². The Hall–Kier alpha value is -3.86. The number of carbonyl (C=O) groups is 4. The zero-order valence-electron chi connectivity index (χ0n) is 19.4. The fourth-order valence-corrected chi connectivity index (χ4v) is 4.59. The number of nitrogens with one attached hydrogen (secondary N) is 2. The standard InChI is InChI=1S/C26H18Cl2FN3O5S/c27-16-4-3-5-17(12-16)30-23(33)13-32-25(35)22(38-26(32)36)11-15-8-9-21(18(28)10-15)37-14-24(34)31-20-7-2-1-6-19(20)29/h1-12H,13-14H2,(H,30,33)(H,31,34)/b22-11-. The number of halogens is 3. The van der Waals surface area contributed by atoms with Crippen molar-refractivity contribution in [3.63, 3.8) is 0 Å². The van der Waals surface area contributed by atoms with E-state index in [0.29, 0.717) is 28.0 Å². The molecule has 2 N–H and O–H groups in total. The molecule has 0 aliphatic carbocycles. The van der Waals surface area contributed by atoms with E-state index in [4.69, 9.17) is 27.9 Å². The molecule has 8 nitrogen and oxygen atoms in total. The molecule has 194 valence electrons. The molecule has 3 aromatic rings. The Morgan fingerprint density at radius 1 is 0.974 bits per heavy atom. The van der Waals surface area contributed by atoms with Crippen molar-refractivity contribution >= 4 is 75.4 Å². The topological polar surface area (TPSA) is 105 Å². The molecule has 0 spiro atoms. The van der Waals surface area contributed by atoms with Gasteiger partial charge < -0.3 is 15.4 Å². The first-order valence-corrected chi connectivity index (χ1v) is 12.5. The van der Waals surface area contributed by atoms with Gasteiger partial charge >= 0.3 is 0 Å². The van der Waals surface area contributed by atoms with Gasteiger partial charge in [0, 0.05) is 10.7 Å². The van der Waals surface area contributed by atoms with Gasteiger partial charge in [-0.1, -0.05) is 47.5 Å². The molecule has 3 aromatic carbocycles. The monoisotopic (exact) mass is 573 g/mol. The minimum absolute atomic E-state index is 0.0263. The van der Waals surface area contributed by atoms with Crippen LogP contribution in [0, 0.1) is 5.82 Å². The predicted molar refractivity (Wildman–Crippen MR) is 145 cm³/mol. The number of benzene rings is 3. The molecule has 0 saturated carbocycles. The number of nitrogens with zero attached hydrogens (tertiary/aromatic N) is 1. The maximum absolute atomic E-state index is 13.7. The lowest BCUT2D eigenvalue weighted by molar-refractivity contribution is -0.127. The molecule has 38 heavy (non-hydrogen) atoms. The molecule has 1 saturated heterocycles. The zero-order chi connectivity index (χ0) is 27.2. The third-order valence-electron chi connectivity index (χ3n) is 5.04. The normalized spacial score (nSPS) is 14.1. The second-order valence-electron chi connectivity index (χ2n) is 7.83. The van der Waals surface area contributed by atoms with Crippen LogP contribution in [0.2, 0.25) is 10.0 Å². The Morgan fingerprint density at radius 3 is 2.50 bits per heavy atom. The van der Waals surface area contributed by atoms with Crippen LogP contribution in [-0.2, 0) is 14.4 Å². The Bertz CT molecular complexity index is 1470. The quantitative estimate of drug-likeness (QED) is 0.329. The molecule has 12 heteroatoms. The first-order chi connectivity index (χ1) is 18.2. The average Bonchev–Trinajstić information content (AvgIpc) is 3.12. The smallest absolute Gasteiger partial charge is 0.294 e. The van der Waals surface area contributed by atoms with Gasteiger partial charge in [0.2, 0.25) is 5.91 Å². The largest absolute Gasteiger partial charge is 0.482 e. The molecule has 0 unspecified atom stereocenters. The number of thioether (sulfide) groups is 1. The lowest BCUT2D eigenvalue weighted by Crippen LogP contribution is -2.36. The van der Waals surface area contributed by atoms with Crippen LogP contribution in [0.4, 0.5) is 20.6 Å². The van der Waals surface area contributed by atoms with Crippen molar-refractivity contribution in [1.82, 2.24) is 4.90 Å². The summed E-state index contributed by atoms with van der Waals surface area (Å²) in [6.07, 6.45) is 1.46. The summed E-state index contributed by atoms with van der Waals surface area (Å²) in [5, 5.41) is 4.98. The summed E-state index contributed by atoms with van der Waals surface area (Å²) in [6, 6.07) is 16.8. The summed E-state index contributed by atoms with van der Waals surface area (Å²) >= 11 is 12.9. The summed E-state index contributed by atoms with van der Waals surface area (Å²) in [7, 11) is 0. The predicted octanol–water partition coefficient (Wildman–Crippen LogP) is 5.83. The number of imide groups is 1. The number of para-hydroxylation sites is 1. The minimum atomic E-state index is -0.623.